The number of nitrogens with zero attached hydrogens (tertiary/aromatic N) is 3. The van der Waals surface area contributed by atoms with Gasteiger partial charge < -0.3 is 5.32 Å². The van der Waals surface area contributed by atoms with Crippen LogP contribution in [0.1, 0.15) is 36.1 Å². The van der Waals surface area contributed by atoms with E-state index in [9.17, 15) is 4.79 Å². The van der Waals surface area contributed by atoms with Gasteiger partial charge >= 0.3 is 0 Å². The lowest BCUT2D eigenvalue weighted by Crippen LogP contribution is -2.08. The van der Waals surface area contributed by atoms with Gasteiger partial charge in [0.05, 0.1) is 5.69 Å². The van der Waals surface area contributed by atoms with E-state index in [1.165, 1.54) is 24.5 Å². The molecule has 0 fully saturated rings. The first-order valence-corrected chi connectivity index (χ1v) is 9.61. The highest BCUT2D eigenvalue weighted by atomic mass is 32.2. The predicted octanol–water partition coefficient (Wildman–Crippen LogP) is 4.40. The van der Waals surface area contributed by atoms with E-state index in [1.54, 1.807) is 18.1 Å². The van der Waals surface area contributed by atoms with Gasteiger partial charge in [0.1, 0.15) is 6.33 Å². The number of anilines is 1. The van der Waals surface area contributed by atoms with E-state index in [2.05, 4.69) is 39.8 Å². The topological polar surface area (TPSA) is 59.8 Å². The maximum Gasteiger partial charge on any atom is 0.221 e. The molecule has 4 rings (SSSR count). The van der Waals surface area contributed by atoms with Crippen molar-refractivity contribution in [2.45, 2.75) is 36.6 Å². The fourth-order valence-electron chi connectivity index (χ4n) is 3.38. The number of hydrogen-bond donors (Lipinski definition) is 1. The normalized spacial score (nSPS) is 16.1. The highest BCUT2D eigenvalue weighted by Crippen LogP contribution is 2.43. The number of amides is 1. The number of rotatable bonds is 4. The Balaban J connectivity index is 1.62. The SMILES string of the molecule is CC(=O)Nc1cccc(-n2cnnc2SC2CCCc3ccccc32)c1. The number of hydrogen-bond acceptors (Lipinski definition) is 4. The summed E-state index contributed by atoms with van der Waals surface area (Å²) in [4.78, 5) is 11.3. The van der Waals surface area contributed by atoms with E-state index < -0.39 is 0 Å². The number of nitrogens with one attached hydrogen (secondary N) is 1. The molecule has 0 saturated heterocycles. The number of benzene rings is 2. The standard InChI is InChI=1S/C20H20N4OS/c1-14(25)22-16-8-5-9-17(12-16)24-13-21-23-20(24)26-19-11-4-7-15-6-2-3-10-18(15)19/h2-3,5-6,8-10,12-13,19H,4,7,11H2,1H3,(H,22,25). The van der Waals surface area contributed by atoms with Crippen molar-refractivity contribution in [1.82, 2.24) is 14.8 Å². The molecule has 1 unspecified atom stereocenters. The third kappa shape index (κ3) is 3.51. The van der Waals surface area contributed by atoms with Gasteiger partial charge in [-0.2, -0.15) is 0 Å². The third-order valence-electron chi connectivity index (χ3n) is 4.52. The first-order valence-electron chi connectivity index (χ1n) is 8.73. The van der Waals surface area contributed by atoms with Gasteiger partial charge in [0, 0.05) is 17.9 Å². The van der Waals surface area contributed by atoms with Crippen LogP contribution < -0.4 is 5.32 Å². The van der Waals surface area contributed by atoms with Crippen molar-refractivity contribution >= 4 is 23.4 Å². The van der Waals surface area contributed by atoms with Gasteiger partial charge in [-0.05, 0) is 48.6 Å². The van der Waals surface area contributed by atoms with Crippen molar-refractivity contribution in [1.29, 1.82) is 0 Å². The molecular weight excluding hydrogens is 344 g/mol. The Hall–Kier alpha value is -2.60. The molecule has 2 aromatic carbocycles. The van der Waals surface area contributed by atoms with Crippen molar-refractivity contribution < 1.29 is 4.79 Å². The molecule has 0 bridgehead atoms. The molecule has 132 valence electrons. The van der Waals surface area contributed by atoms with Gasteiger partial charge in [-0.15, -0.1) is 10.2 Å². The Bertz CT molecular complexity index is 937. The largest absolute Gasteiger partial charge is 0.326 e. The van der Waals surface area contributed by atoms with Crippen LogP contribution in [-0.2, 0) is 11.2 Å². The van der Waals surface area contributed by atoms with Crippen molar-refractivity contribution in [3.05, 3.63) is 66.0 Å². The van der Waals surface area contributed by atoms with Crippen LogP contribution in [-0.4, -0.2) is 20.7 Å². The molecule has 26 heavy (non-hydrogen) atoms. The van der Waals surface area contributed by atoms with Crippen LogP contribution in [0.5, 0.6) is 0 Å². The molecular formula is C20H20N4OS. The monoisotopic (exact) mass is 364 g/mol. The highest BCUT2D eigenvalue weighted by Gasteiger charge is 2.23. The number of fused-ring (bicyclic) bond motifs is 1. The zero-order valence-electron chi connectivity index (χ0n) is 14.6. The van der Waals surface area contributed by atoms with E-state index >= 15 is 0 Å². The molecule has 0 aliphatic heterocycles. The summed E-state index contributed by atoms with van der Waals surface area (Å²) in [5.41, 5.74) is 4.55. The Morgan fingerprint density at radius 3 is 3.00 bits per heavy atom. The molecule has 5 nitrogen and oxygen atoms in total. The van der Waals surface area contributed by atoms with Crippen LogP contribution in [0.25, 0.3) is 5.69 Å². The minimum absolute atomic E-state index is 0.0840. The molecule has 1 heterocycles. The molecule has 0 spiro atoms. The van der Waals surface area contributed by atoms with Gasteiger partial charge in [0.15, 0.2) is 5.16 Å². The summed E-state index contributed by atoms with van der Waals surface area (Å²) in [6.07, 6.45) is 5.21. The van der Waals surface area contributed by atoms with Crippen molar-refractivity contribution in [3.8, 4) is 5.69 Å². The number of aryl methyl sites for hydroxylation is 1. The van der Waals surface area contributed by atoms with E-state index in [1.807, 2.05) is 28.8 Å². The second-order valence-corrected chi connectivity index (χ2v) is 7.58. The Morgan fingerprint density at radius 1 is 1.23 bits per heavy atom. The molecule has 1 amide bonds. The Morgan fingerprint density at radius 2 is 2.12 bits per heavy atom. The number of carbonyl (C=O) groups is 1. The van der Waals surface area contributed by atoms with Gasteiger partial charge in [-0.3, -0.25) is 9.36 Å². The fourth-order valence-corrected chi connectivity index (χ4v) is 4.63. The van der Waals surface area contributed by atoms with Crippen molar-refractivity contribution in [2.75, 3.05) is 5.32 Å². The molecule has 3 aromatic rings. The predicted molar refractivity (Wildman–Crippen MR) is 104 cm³/mol. The average molecular weight is 364 g/mol. The van der Waals surface area contributed by atoms with E-state index in [0.717, 1.165) is 29.4 Å². The number of thioether (sulfide) groups is 1. The van der Waals surface area contributed by atoms with Gasteiger partial charge in [-0.1, -0.05) is 42.1 Å². The lowest BCUT2D eigenvalue weighted by molar-refractivity contribution is -0.114. The van der Waals surface area contributed by atoms with Crippen molar-refractivity contribution in [2.24, 2.45) is 0 Å². The molecule has 1 aliphatic rings. The maximum atomic E-state index is 11.3. The molecule has 0 saturated carbocycles. The first kappa shape index (κ1) is 16.8. The second kappa shape index (κ2) is 7.33. The summed E-state index contributed by atoms with van der Waals surface area (Å²) >= 11 is 1.76. The number of aromatic nitrogens is 3. The van der Waals surface area contributed by atoms with Crippen LogP contribution in [0.3, 0.4) is 0 Å². The minimum Gasteiger partial charge on any atom is -0.326 e. The molecule has 6 heteroatoms. The fraction of sp³-hybridized carbons (Fsp3) is 0.250. The first-order chi connectivity index (χ1) is 12.7. The summed E-state index contributed by atoms with van der Waals surface area (Å²) in [6, 6.07) is 16.4. The minimum atomic E-state index is -0.0840. The lowest BCUT2D eigenvalue weighted by atomic mass is 9.91. The summed E-state index contributed by atoms with van der Waals surface area (Å²) in [6.45, 7) is 1.51. The summed E-state index contributed by atoms with van der Waals surface area (Å²) < 4.78 is 1.98. The van der Waals surface area contributed by atoms with Gasteiger partial charge in [0.25, 0.3) is 0 Å². The van der Waals surface area contributed by atoms with Gasteiger partial charge in [0.2, 0.25) is 5.91 Å². The Kier molecular flexibility index (Phi) is 4.75. The summed E-state index contributed by atoms with van der Waals surface area (Å²) in [7, 11) is 0. The second-order valence-electron chi connectivity index (χ2n) is 6.41. The quantitative estimate of drug-likeness (QED) is 0.746. The zero-order valence-corrected chi connectivity index (χ0v) is 15.4. The van der Waals surface area contributed by atoms with Crippen LogP contribution >= 0.6 is 11.8 Å². The average Bonchev–Trinajstić information content (AvgIpc) is 3.10. The van der Waals surface area contributed by atoms with Crippen LogP contribution in [0.4, 0.5) is 5.69 Å². The molecule has 0 radical (unpaired) electrons. The van der Waals surface area contributed by atoms with E-state index in [-0.39, 0.29) is 5.91 Å². The molecule has 1 N–H and O–H groups in total. The maximum absolute atomic E-state index is 11.3. The molecule has 1 aliphatic carbocycles. The van der Waals surface area contributed by atoms with E-state index in [0.29, 0.717) is 5.25 Å². The summed E-state index contributed by atoms with van der Waals surface area (Å²) in [5.74, 6) is -0.0840. The third-order valence-corrected chi connectivity index (χ3v) is 5.79. The van der Waals surface area contributed by atoms with Gasteiger partial charge in [-0.25, -0.2) is 0 Å². The zero-order chi connectivity index (χ0) is 17.9. The Labute approximate surface area is 156 Å². The molecule has 1 aromatic heterocycles. The van der Waals surface area contributed by atoms with E-state index in [4.69, 9.17) is 0 Å². The van der Waals surface area contributed by atoms with Crippen molar-refractivity contribution in [3.63, 3.8) is 0 Å². The lowest BCUT2D eigenvalue weighted by Gasteiger charge is -2.24. The summed E-state index contributed by atoms with van der Waals surface area (Å²) in [5, 5.41) is 12.5. The highest BCUT2D eigenvalue weighted by molar-refractivity contribution is 7.99. The van der Waals surface area contributed by atoms with Crippen LogP contribution in [0, 0.1) is 0 Å². The van der Waals surface area contributed by atoms with Crippen LogP contribution in [0.15, 0.2) is 60.0 Å². The van der Waals surface area contributed by atoms with Crippen LogP contribution in [0.2, 0.25) is 0 Å². The smallest absolute Gasteiger partial charge is 0.221 e. The molecule has 1 atom stereocenters. The number of carbonyl (C=O) groups excluding carboxylic acids is 1.